The summed E-state index contributed by atoms with van der Waals surface area (Å²) in [6.45, 7) is 0. The molecule has 2 aromatic rings. The minimum Gasteiger partial charge on any atom is -0.493 e. The van der Waals surface area contributed by atoms with Gasteiger partial charge in [0.15, 0.2) is 11.5 Å². The summed E-state index contributed by atoms with van der Waals surface area (Å²) in [5, 5.41) is 1.96. The third-order valence-electron chi connectivity index (χ3n) is 3.23. The zero-order valence-electron chi connectivity index (χ0n) is 12.2. The Hall–Kier alpha value is -2.53. The lowest BCUT2D eigenvalue weighted by Gasteiger charge is -2.09. The van der Waals surface area contributed by atoms with Crippen molar-refractivity contribution < 1.29 is 19.0 Å². The van der Waals surface area contributed by atoms with Crippen LogP contribution in [-0.2, 0) is 9.53 Å². The van der Waals surface area contributed by atoms with Crippen molar-refractivity contribution in [2.75, 3.05) is 14.2 Å². The van der Waals surface area contributed by atoms with Crippen LogP contribution >= 0.6 is 11.3 Å². The van der Waals surface area contributed by atoms with Gasteiger partial charge in [0.1, 0.15) is 5.76 Å². The highest BCUT2D eigenvalue weighted by atomic mass is 32.1. The maximum absolute atomic E-state index is 12.0. The zero-order valence-corrected chi connectivity index (χ0v) is 13.0. The van der Waals surface area contributed by atoms with Crippen molar-refractivity contribution in [1.29, 1.82) is 0 Å². The number of rotatable bonds is 4. The number of ether oxygens (including phenoxy) is 3. The standard InChI is InChI=1S/C17H14O4S/c1-19-14-6-5-11(9-16(14)20-2)15-10-12(17(18)21-15)8-13-4-3-7-22-13/h3-10H,1-2H3. The molecule has 1 aromatic carbocycles. The molecule has 2 heterocycles. The number of carbonyl (C=O) groups excluding carboxylic acids is 1. The third kappa shape index (κ3) is 2.76. The van der Waals surface area contributed by atoms with Gasteiger partial charge in [-0.15, -0.1) is 11.3 Å². The summed E-state index contributed by atoms with van der Waals surface area (Å²) in [6, 6.07) is 9.29. The topological polar surface area (TPSA) is 44.8 Å². The average molecular weight is 314 g/mol. The number of hydrogen-bond acceptors (Lipinski definition) is 5. The van der Waals surface area contributed by atoms with Crippen LogP contribution < -0.4 is 9.47 Å². The molecule has 1 aliphatic rings. The summed E-state index contributed by atoms with van der Waals surface area (Å²) in [5.74, 6) is 1.38. The molecular weight excluding hydrogens is 300 g/mol. The van der Waals surface area contributed by atoms with Gasteiger partial charge in [-0.3, -0.25) is 0 Å². The van der Waals surface area contributed by atoms with Crippen LogP contribution in [0.5, 0.6) is 11.5 Å². The van der Waals surface area contributed by atoms with E-state index in [1.165, 1.54) is 0 Å². The predicted molar refractivity (Wildman–Crippen MR) is 85.9 cm³/mol. The molecule has 0 N–H and O–H groups in total. The van der Waals surface area contributed by atoms with Crippen LogP contribution in [0.2, 0.25) is 0 Å². The molecule has 5 heteroatoms. The first-order valence-corrected chi connectivity index (χ1v) is 7.50. The highest BCUT2D eigenvalue weighted by Gasteiger charge is 2.23. The molecule has 0 radical (unpaired) electrons. The first-order valence-electron chi connectivity index (χ1n) is 6.63. The van der Waals surface area contributed by atoms with Gasteiger partial charge in [0.05, 0.1) is 19.8 Å². The lowest BCUT2D eigenvalue weighted by molar-refractivity contribution is -0.130. The molecular formula is C17H14O4S. The first kappa shape index (κ1) is 14.4. The summed E-state index contributed by atoms with van der Waals surface area (Å²) in [4.78, 5) is 13.0. The van der Waals surface area contributed by atoms with Gasteiger partial charge in [-0.1, -0.05) is 6.07 Å². The quantitative estimate of drug-likeness (QED) is 0.637. The zero-order chi connectivity index (χ0) is 15.5. The molecule has 22 heavy (non-hydrogen) atoms. The molecule has 0 amide bonds. The Morgan fingerprint density at radius 2 is 1.95 bits per heavy atom. The third-order valence-corrected chi connectivity index (χ3v) is 4.05. The highest BCUT2D eigenvalue weighted by Crippen LogP contribution is 2.34. The van der Waals surface area contributed by atoms with E-state index < -0.39 is 0 Å². The van der Waals surface area contributed by atoms with Gasteiger partial charge in [-0.05, 0) is 41.8 Å². The van der Waals surface area contributed by atoms with Crippen LogP contribution in [-0.4, -0.2) is 20.2 Å². The van der Waals surface area contributed by atoms with Crippen molar-refractivity contribution in [2.45, 2.75) is 0 Å². The van der Waals surface area contributed by atoms with Gasteiger partial charge in [0.2, 0.25) is 0 Å². The number of hydrogen-bond donors (Lipinski definition) is 0. The maximum atomic E-state index is 12.0. The van der Waals surface area contributed by atoms with E-state index in [-0.39, 0.29) is 5.97 Å². The summed E-state index contributed by atoms with van der Waals surface area (Å²) >= 11 is 1.57. The van der Waals surface area contributed by atoms with Crippen LogP contribution in [0, 0.1) is 0 Å². The van der Waals surface area contributed by atoms with Crippen molar-refractivity contribution in [2.24, 2.45) is 0 Å². The Balaban J connectivity index is 1.94. The van der Waals surface area contributed by atoms with E-state index in [4.69, 9.17) is 14.2 Å². The first-order chi connectivity index (χ1) is 10.7. The number of cyclic esters (lactones) is 1. The molecule has 0 fully saturated rings. The minimum absolute atomic E-state index is 0.349. The van der Waals surface area contributed by atoms with E-state index in [9.17, 15) is 4.79 Å². The largest absolute Gasteiger partial charge is 0.493 e. The molecule has 0 aliphatic carbocycles. The highest BCUT2D eigenvalue weighted by molar-refractivity contribution is 7.10. The summed E-state index contributed by atoms with van der Waals surface area (Å²) < 4.78 is 15.8. The fraction of sp³-hybridized carbons (Fsp3) is 0.118. The molecule has 0 atom stereocenters. The van der Waals surface area contributed by atoms with Gasteiger partial charge in [0.25, 0.3) is 0 Å². The van der Waals surface area contributed by atoms with E-state index in [1.54, 1.807) is 43.8 Å². The number of carbonyl (C=O) groups is 1. The summed E-state index contributed by atoms with van der Waals surface area (Å²) in [6.07, 6.45) is 3.56. The van der Waals surface area contributed by atoms with Crippen LogP contribution in [0.4, 0.5) is 0 Å². The average Bonchev–Trinajstić information content (AvgIpc) is 3.17. The van der Waals surface area contributed by atoms with Crippen molar-refractivity contribution >= 4 is 29.1 Å². The summed E-state index contributed by atoms with van der Waals surface area (Å²) in [7, 11) is 3.15. The van der Waals surface area contributed by atoms with Gasteiger partial charge >= 0.3 is 5.97 Å². The molecule has 0 spiro atoms. The number of methoxy groups -OCH3 is 2. The van der Waals surface area contributed by atoms with Gasteiger partial charge in [0, 0.05) is 10.4 Å². The summed E-state index contributed by atoms with van der Waals surface area (Å²) in [5.41, 5.74) is 1.30. The van der Waals surface area contributed by atoms with Crippen molar-refractivity contribution in [3.8, 4) is 11.5 Å². The van der Waals surface area contributed by atoms with Gasteiger partial charge in [-0.25, -0.2) is 4.79 Å². The van der Waals surface area contributed by atoms with E-state index >= 15 is 0 Å². The maximum Gasteiger partial charge on any atom is 0.343 e. The van der Waals surface area contributed by atoms with Crippen LogP contribution in [0.3, 0.4) is 0 Å². The predicted octanol–water partition coefficient (Wildman–Crippen LogP) is 3.75. The Kier molecular flexibility index (Phi) is 3.98. The van der Waals surface area contributed by atoms with E-state index in [0.717, 1.165) is 10.4 Å². The van der Waals surface area contributed by atoms with E-state index in [0.29, 0.717) is 22.8 Å². The van der Waals surface area contributed by atoms with Crippen molar-refractivity contribution in [3.63, 3.8) is 0 Å². The number of esters is 1. The van der Waals surface area contributed by atoms with E-state index in [2.05, 4.69) is 0 Å². The molecule has 1 aromatic heterocycles. The van der Waals surface area contributed by atoms with Crippen LogP contribution in [0.15, 0.2) is 47.4 Å². The van der Waals surface area contributed by atoms with Gasteiger partial charge in [-0.2, -0.15) is 0 Å². The fourth-order valence-corrected chi connectivity index (χ4v) is 2.81. The molecule has 0 saturated carbocycles. The molecule has 0 bridgehead atoms. The Bertz CT molecular complexity index is 757. The van der Waals surface area contributed by atoms with Crippen molar-refractivity contribution in [1.82, 2.24) is 0 Å². The lowest BCUT2D eigenvalue weighted by Crippen LogP contribution is -1.97. The minimum atomic E-state index is -0.349. The molecule has 4 nitrogen and oxygen atoms in total. The molecule has 1 aliphatic heterocycles. The second-order valence-electron chi connectivity index (χ2n) is 4.58. The number of benzene rings is 1. The van der Waals surface area contributed by atoms with E-state index in [1.807, 2.05) is 29.7 Å². The normalized spacial score (nSPS) is 15.6. The Labute approximate surface area is 132 Å². The smallest absolute Gasteiger partial charge is 0.343 e. The number of thiophene rings is 1. The second-order valence-corrected chi connectivity index (χ2v) is 5.56. The molecule has 0 saturated heterocycles. The molecule has 112 valence electrons. The Morgan fingerprint density at radius 3 is 2.64 bits per heavy atom. The fourth-order valence-electron chi connectivity index (χ4n) is 2.15. The molecule has 0 unspecified atom stereocenters. The van der Waals surface area contributed by atoms with Crippen LogP contribution in [0.1, 0.15) is 10.4 Å². The van der Waals surface area contributed by atoms with Crippen molar-refractivity contribution in [3.05, 3.63) is 57.8 Å². The monoisotopic (exact) mass is 314 g/mol. The Morgan fingerprint density at radius 1 is 1.14 bits per heavy atom. The van der Waals surface area contributed by atoms with Crippen LogP contribution in [0.25, 0.3) is 11.8 Å². The van der Waals surface area contributed by atoms with Gasteiger partial charge < -0.3 is 14.2 Å². The second kappa shape index (κ2) is 6.07. The SMILES string of the molecule is COc1ccc(C2=CC(=Cc3cccs3)C(=O)O2)cc1OC. The lowest BCUT2D eigenvalue weighted by atomic mass is 10.1. The molecule has 3 rings (SSSR count).